The highest BCUT2D eigenvalue weighted by Crippen LogP contribution is 2.14. The second kappa shape index (κ2) is 10.7. The molecule has 0 saturated carbocycles. The fraction of sp³-hybridized carbons (Fsp3) is 0.524. The van der Waals surface area contributed by atoms with Gasteiger partial charge in [0, 0.05) is 54.7 Å². The molecule has 8 heteroatoms. The Labute approximate surface area is 175 Å². The molecule has 158 valence electrons. The Balaban J connectivity index is 1.51. The number of anilines is 1. The first-order valence-electron chi connectivity index (χ1n) is 10.2. The second-order valence-corrected chi connectivity index (χ2v) is 7.92. The van der Waals surface area contributed by atoms with Crippen molar-refractivity contribution in [2.75, 3.05) is 25.0 Å². The lowest BCUT2D eigenvalue weighted by Gasteiger charge is -2.23. The van der Waals surface area contributed by atoms with Gasteiger partial charge in [-0.1, -0.05) is 18.0 Å². The Morgan fingerprint density at radius 1 is 1.34 bits per heavy atom. The summed E-state index contributed by atoms with van der Waals surface area (Å²) in [5.41, 5.74) is 1.18. The van der Waals surface area contributed by atoms with E-state index in [0.29, 0.717) is 42.1 Å². The molecule has 1 unspecified atom stereocenters. The zero-order valence-corrected chi connectivity index (χ0v) is 17.6. The number of rotatable bonds is 9. The fourth-order valence-corrected chi connectivity index (χ4v) is 3.79. The van der Waals surface area contributed by atoms with E-state index in [-0.39, 0.29) is 11.4 Å². The molecule has 1 aromatic carbocycles. The summed E-state index contributed by atoms with van der Waals surface area (Å²) in [7, 11) is 0. The molecule has 1 fully saturated rings. The molecule has 2 aromatic rings. The maximum absolute atomic E-state index is 13.8. The van der Waals surface area contributed by atoms with Crippen molar-refractivity contribution in [3.8, 4) is 0 Å². The molecule has 1 aliphatic heterocycles. The van der Waals surface area contributed by atoms with Crippen LogP contribution in [0, 0.1) is 12.7 Å². The summed E-state index contributed by atoms with van der Waals surface area (Å²) in [6, 6.07) is 5.01. The largest absolute Gasteiger partial charge is 0.365 e. The number of hydrogen-bond donors (Lipinski definition) is 3. The van der Waals surface area contributed by atoms with Crippen LogP contribution in [0.15, 0.2) is 29.2 Å². The fourth-order valence-electron chi connectivity index (χ4n) is 3.60. The number of hydrogen-bond acceptors (Lipinski definition) is 5. The number of aryl methyl sites for hydroxylation is 1. The zero-order valence-electron chi connectivity index (χ0n) is 16.8. The van der Waals surface area contributed by atoms with Gasteiger partial charge in [0.1, 0.15) is 5.82 Å². The van der Waals surface area contributed by atoms with Crippen LogP contribution in [-0.2, 0) is 13.1 Å². The quantitative estimate of drug-likeness (QED) is 0.543. The number of halogens is 2. The van der Waals surface area contributed by atoms with E-state index in [1.165, 1.54) is 31.4 Å². The Kier molecular flexibility index (Phi) is 8.03. The highest BCUT2D eigenvalue weighted by Gasteiger charge is 2.13. The van der Waals surface area contributed by atoms with Crippen LogP contribution < -0.4 is 21.5 Å². The van der Waals surface area contributed by atoms with Crippen molar-refractivity contribution >= 4 is 17.4 Å². The molecular weight excluding hydrogens is 393 g/mol. The Bertz CT molecular complexity index is 867. The summed E-state index contributed by atoms with van der Waals surface area (Å²) in [6.45, 7) is 5.02. The number of nitrogens with zero attached hydrogens (tertiary/aromatic N) is 2. The number of aromatic nitrogens is 2. The average molecular weight is 422 g/mol. The van der Waals surface area contributed by atoms with Crippen LogP contribution in [0.5, 0.6) is 0 Å². The van der Waals surface area contributed by atoms with Crippen LogP contribution >= 0.6 is 11.6 Å². The van der Waals surface area contributed by atoms with Gasteiger partial charge in [-0.3, -0.25) is 4.79 Å². The van der Waals surface area contributed by atoms with Gasteiger partial charge in [-0.15, -0.1) is 0 Å². The van der Waals surface area contributed by atoms with E-state index in [4.69, 9.17) is 11.6 Å². The second-order valence-electron chi connectivity index (χ2n) is 7.48. The van der Waals surface area contributed by atoms with Gasteiger partial charge in [-0.05, 0) is 50.9 Å². The molecule has 0 bridgehead atoms. The molecule has 0 aliphatic carbocycles. The number of benzene rings is 1. The standard InChI is InChI=1S/C21H29ClFN5O/c1-15-13-27-20(26-9-7-18-4-2-3-8-25-18)21(29)28(15)11-10-24-14-16-12-17(22)5-6-19(16)23/h5-6,12-13,18,24-25H,2-4,7-11,14H2,1H3,(H,26,27). The third kappa shape index (κ3) is 6.26. The molecule has 0 radical (unpaired) electrons. The van der Waals surface area contributed by atoms with Gasteiger partial charge in [0.2, 0.25) is 0 Å². The van der Waals surface area contributed by atoms with Crippen molar-refractivity contribution in [2.45, 2.75) is 51.7 Å². The van der Waals surface area contributed by atoms with Crippen LogP contribution in [-0.4, -0.2) is 35.2 Å². The third-order valence-corrected chi connectivity index (χ3v) is 5.52. The molecular formula is C21H29ClFN5O. The summed E-state index contributed by atoms with van der Waals surface area (Å²) < 4.78 is 15.5. The van der Waals surface area contributed by atoms with Crippen LogP contribution in [0.1, 0.15) is 36.9 Å². The summed E-state index contributed by atoms with van der Waals surface area (Å²) in [5.74, 6) is 0.0883. The lowest BCUT2D eigenvalue weighted by molar-refractivity contribution is 0.388. The van der Waals surface area contributed by atoms with Crippen molar-refractivity contribution < 1.29 is 4.39 Å². The van der Waals surface area contributed by atoms with Gasteiger partial charge in [0.25, 0.3) is 5.56 Å². The Morgan fingerprint density at radius 3 is 3.00 bits per heavy atom. The SMILES string of the molecule is Cc1cnc(NCCC2CCCCN2)c(=O)n1CCNCc1cc(Cl)ccc1F. The molecule has 3 rings (SSSR count). The minimum Gasteiger partial charge on any atom is -0.365 e. The van der Waals surface area contributed by atoms with E-state index in [2.05, 4.69) is 20.9 Å². The highest BCUT2D eigenvalue weighted by atomic mass is 35.5. The summed E-state index contributed by atoms with van der Waals surface area (Å²) in [4.78, 5) is 17.0. The van der Waals surface area contributed by atoms with Gasteiger partial charge >= 0.3 is 0 Å². The predicted molar refractivity (Wildman–Crippen MR) is 115 cm³/mol. The minimum absolute atomic E-state index is 0.127. The average Bonchev–Trinajstić information content (AvgIpc) is 2.72. The third-order valence-electron chi connectivity index (χ3n) is 5.29. The van der Waals surface area contributed by atoms with Crippen LogP contribution in [0.4, 0.5) is 10.2 Å². The molecule has 0 spiro atoms. The van der Waals surface area contributed by atoms with Gasteiger partial charge in [-0.2, -0.15) is 0 Å². The maximum Gasteiger partial charge on any atom is 0.293 e. The topological polar surface area (TPSA) is 71.0 Å². The first kappa shape index (κ1) is 21.7. The summed E-state index contributed by atoms with van der Waals surface area (Å²) in [6.07, 6.45) is 6.37. The smallest absolute Gasteiger partial charge is 0.293 e. The molecule has 0 amide bonds. The van der Waals surface area contributed by atoms with Gasteiger partial charge in [0.15, 0.2) is 5.82 Å². The van der Waals surface area contributed by atoms with Crippen molar-refractivity contribution in [2.24, 2.45) is 0 Å². The molecule has 2 heterocycles. The first-order valence-corrected chi connectivity index (χ1v) is 10.6. The van der Waals surface area contributed by atoms with Crippen molar-refractivity contribution in [1.82, 2.24) is 20.2 Å². The van der Waals surface area contributed by atoms with E-state index < -0.39 is 0 Å². The first-order chi connectivity index (χ1) is 14.0. The summed E-state index contributed by atoms with van der Waals surface area (Å²) >= 11 is 5.92. The lowest BCUT2D eigenvalue weighted by Crippen LogP contribution is -2.36. The van der Waals surface area contributed by atoms with E-state index in [1.807, 2.05) is 6.92 Å². The van der Waals surface area contributed by atoms with E-state index >= 15 is 0 Å². The van der Waals surface area contributed by atoms with Gasteiger partial charge < -0.3 is 20.5 Å². The number of piperidine rings is 1. The molecule has 1 atom stereocenters. The van der Waals surface area contributed by atoms with Gasteiger partial charge in [-0.25, -0.2) is 9.37 Å². The minimum atomic E-state index is -0.293. The van der Waals surface area contributed by atoms with E-state index in [1.54, 1.807) is 16.8 Å². The predicted octanol–water partition coefficient (Wildman–Crippen LogP) is 3.08. The van der Waals surface area contributed by atoms with Crippen LogP contribution in [0.25, 0.3) is 0 Å². The molecule has 6 nitrogen and oxygen atoms in total. The van der Waals surface area contributed by atoms with Crippen molar-refractivity contribution in [1.29, 1.82) is 0 Å². The Hall–Kier alpha value is -1.96. The van der Waals surface area contributed by atoms with Gasteiger partial charge in [0.05, 0.1) is 0 Å². The van der Waals surface area contributed by atoms with Crippen molar-refractivity contribution in [3.63, 3.8) is 0 Å². The maximum atomic E-state index is 13.8. The Morgan fingerprint density at radius 2 is 2.21 bits per heavy atom. The van der Waals surface area contributed by atoms with Crippen molar-refractivity contribution in [3.05, 3.63) is 56.8 Å². The van der Waals surface area contributed by atoms with Crippen LogP contribution in [0.3, 0.4) is 0 Å². The molecule has 1 saturated heterocycles. The highest BCUT2D eigenvalue weighted by molar-refractivity contribution is 6.30. The molecule has 1 aliphatic rings. The zero-order chi connectivity index (χ0) is 20.6. The van der Waals surface area contributed by atoms with E-state index in [9.17, 15) is 9.18 Å². The molecule has 29 heavy (non-hydrogen) atoms. The van der Waals surface area contributed by atoms with E-state index in [0.717, 1.165) is 25.2 Å². The normalized spacial score (nSPS) is 16.7. The molecule has 1 aromatic heterocycles. The summed E-state index contributed by atoms with van der Waals surface area (Å²) in [5, 5.41) is 10.4. The number of nitrogens with one attached hydrogen (secondary N) is 3. The monoisotopic (exact) mass is 421 g/mol. The molecule has 3 N–H and O–H groups in total. The lowest BCUT2D eigenvalue weighted by atomic mass is 10.0. The van der Waals surface area contributed by atoms with Crippen LogP contribution in [0.2, 0.25) is 5.02 Å².